The molecule has 0 saturated heterocycles. The average molecular weight is 285 g/mol. The third-order valence-corrected chi connectivity index (χ3v) is 3.13. The van der Waals surface area contributed by atoms with Crippen LogP contribution >= 0.6 is 0 Å². The van der Waals surface area contributed by atoms with E-state index in [0.717, 1.165) is 5.56 Å². The molecule has 0 aliphatic rings. The average Bonchev–Trinajstić information content (AvgIpc) is 2.54. The van der Waals surface area contributed by atoms with Crippen LogP contribution in [0.1, 0.15) is 18.5 Å². The Balaban J connectivity index is 1.88. The Morgan fingerprint density at radius 2 is 2.10 bits per heavy atom. The van der Waals surface area contributed by atoms with Gasteiger partial charge < -0.3 is 15.4 Å². The summed E-state index contributed by atoms with van der Waals surface area (Å²) in [5, 5.41) is 5.99. The van der Waals surface area contributed by atoms with Crippen molar-refractivity contribution >= 4 is 11.6 Å². The summed E-state index contributed by atoms with van der Waals surface area (Å²) in [6.45, 7) is 2.21. The van der Waals surface area contributed by atoms with E-state index in [9.17, 15) is 4.79 Å². The Bertz CT molecular complexity index is 587. The lowest BCUT2D eigenvalue weighted by molar-refractivity contribution is -0.115. The van der Waals surface area contributed by atoms with E-state index in [1.54, 1.807) is 31.6 Å². The highest BCUT2D eigenvalue weighted by Gasteiger charge is 2.09. The fourth-order valence-corrected chi connectivity index (χ4v) is 1.94. The van der Waals surface area contributed by atoms with Gasteiger partial charge in [-0.15, -0.1) is 0 Å². The Morgan fingerprint density at radius 1 is 1.29 bits per heavy atom. The van der Waals surface area contributed by atoms with E-state index in [1.165, 1.54) is 0 Å². The van der Waals surface area contributed by atoms with Crippen molar-refractivity contribution in [1.82, 2.24) is 10.3 Å². The van der Waals surface area contributed by atoms with E-state index < -0.39 is 0 Å². The smallest absolute Gasteiger partial charge is 0.238 e. The number of nitrogens with one attached hydrogen (secondary N) is 2. The molecule has 1 amide bonds. The Kier molecular flexibility index (Phi) is 5.29. The summed E-state index contributed by atoms with van der Waals surface area (Å²) in [5.74, 6) is 0.529. The number of hydrogen-bond donors (Lipinski definition) is 2. The summed E-state index contributed by atoms with van der Waals surface area (Å²) in [7, 11) is 1.58. The van der Waals surface area contributed by atoms with Crippen molar-refractivity contribution in [1.29, 1.82) is 0 Å². The van der Waals surface area contributed by atoms with Gasteiger partial charge in [0.05, 0.1) is 19.3 Å². The van der Waals surface area contributed by atoms with E-state index in [-0.39, 0.29) is 18.5 Å². The topological polar surface area (TPSA) is 63.2 Å². The predicted molar refractivity (Wildman–Crippen MR) is 82.3 cm³/mol. The van der Waals surface area contributed by atoms with Gasteiger partial charge in [-0.3, -0.25) is 9.78 Å². The number of nitrogens with zero attached hydrogens (tertiary/aromatic N) is 1. The van der Waals surface area contributed by atoms with Gasteiger partial charge >= 0.3 is 0 Å². The SMILES string of the molecule is COc1ccccc1NC(=O)CN[C@@H](C)c1cccnc1. The predicted octanol–water partition coefficient (Wildman–Crippen LogP) is 2.38. The molecule has 0 bridgehead atoms. The van der Waals surface area contributed by atoms with Crippen molar-refractivity contribution in [3.63, 3.8) is 0 Å². The number of anilines is 1. The van der Waals surface area contributed by atoms with Crippen LogP contribution in [0.25, 0.3) is 0 Å². The molecule has 1 aromatic heterocycles. The molecule has 2 aromatic rings. The summed E-state index contributed by atoms with van der Waals surface area (Å²) >= 11 is 0. The zero-order valence-corrected chi connectivity index (χ0v) is 12.2. The third kappa shape index (κ3) is 4.29. The highest BCUT2D eigenvalue weighted by atomic mass is 16.5. The van der Waals surface area contributed by atoms with E-state index in [4.69, 9.17) is 4.74 Å². The van der Waals surface area contributed by atoms with Crippen LogP contribution in [0, 0.1) is 0 Å². The summed E-state index contributed by atoms with van der Waals surface area (Å²) in [6.07, 6.45) is 3.51. The van der Waals surface area contributed by atoms with Gasteiger partial charge in [0.1, 0.15) is 5.75 Å². The fraction of sp³-hybridized carbons (Fsp3) is 0.250. The number of rotatable bonds is 6. The van der Waals surface area contributed by atoms with Crippen molar-refractivity contribution in [2.75, 3.05) is 19.0 Å². The van der Waals surface area contributed by atoms with E-state index >= 15 is 0 Å². The third-order valence-electron chi connectivity index (χ3n) is 3.13. The number of carbonyl (C=O) groups is 1. The first-order valence-corrected chi connectivity index (χ1v) is 6.77. The minimum atomic E-state index is -0.116. The molecule has 5 heteroatoms. The largest absolute Gasteiger partial charge is 0.495 e. The number of pyridine rings is 1. The molecule has 0 spiro atoms. The number of methoxy groups -OCH3 is 1. The molecule has 1 aromatic carbocycles. The van der Waals surface area contributed by atoms with Gasteiger partial charge in [-0.05, 0) is 30.7 Å². The lowest BCUT2D eigenvalue weighted by Gasteiger charge is -2.14. The minimum Gasteiger partial charge on any atom is -0.495 e. The molecule has 5 nitrogen and oxygen atoms in total. The van der Waals surface area contributed by atoms with Gasteiger partial charge in [0.25, 0.3) is 0 Å². The van der Waals surface area contributed by atoms with Crippen molar-refractivity contribution < 1.29 is 9.53 Å². The molecular weight excluding hydrogens is 266 g/mol. The van der Waals surface area contributed by atoms with Crippen LogP contribution in [0.2, 0.25) is 0 Å². The van der Waals surface area contributed by atoms with Crippen LogP contribution in [0.15, 0.2) is 48.8 Å². The molecule has 0 saturated carbocycles. The maximum absolute atomic E-state index is 12.0. The summed E-state index contributed by atoms with van der Waals surface area (Å²) in [6, 6.07) is 11.2. The molecule has 110 valence electrons. The second kappa shape index (κ2) is 7.40. The molecule has 0 radical (unpaired) electrons. The second-order valence-corrected chi connectivity index (χ2v) is 4.64. The van der Waals surface area contributed by atoms with E-state index in [0.29, 0.717) is 11.4 Å². The van der Waals surface area contributed by atoms with Crippen LogP contribution in [-0.4, -0.2) is 24.5 Å². The molecule has 1 heterocycles. The number of hydrogen-bond acceptors (Lipinski definition) is 4. The first-order valence-electron chi connectivity index (χ1n) is 6.77. The highest BCUT2D eigenvalue weighted by Crippen LogP contribution is 2.22. The summed E-state index contributed by atoms with van der Waals surface area (Å²) in [4.78, 5) is 16.0. The van der Waals surface area contributed by atoms with E-state index in [2.05, 4.69) is 15.6 Å². The van der Waals surface area contributed by atoms with Gasteiger partial charge in [0.15, 0.2) is 0 Å². The first-order chi connectivity index (χ1) is 10.2. The minimum absolute atomic E-state index is 0.0575. The molecule has 2 N–H and O–H groups in total. The lowest BCUT2D eigenvalue weighted by Crippen LogP contribution is -2.30. The quantitative estimate of drug-likeness (QED) is 0.855. The maximum Gasteiger partial charge on any atom is 0.238 e. The van der Waals surface area contributed by atoms with Crippen molar-refractivity contribution in [2.24, 2.45) is 0 Å². The first kappa shape index (κ1) is 15.0. The highest BCUT2D eigenvalue weighted by molar-refractivity contribution is 5.93. The van der Waals surface area contributed by atoms with Crippen molar-refractivity contribution in [3.05, 3.63) is 54.4 Å². The number of benzene rings is 1. The number of carbonyl (C=O) groups excluding carboxylic acids is 1. The van der Waals surface area contributed by atoms with Gasteiger partial charge in [0, 0.05) is 18.4 Å². The maximum atomic E-state index is 12.0. The molecule has 1 atom stereocenters. The van der Waals surface area contributed by atoms with Crippen LogP contribution < -0.4 is 15.4 Å². The number of ether oxygens (including phenoxy) is 1. The number of amides is 1. The summed E-state index contributed by atoms with van der Waals surface area (Å²) < 4.78 is 5.20. The summed E-state index contributed by atoms with van der Waals surface area (Å²) in [5.41, 5.74) is 1.71. The molecule has 0 aliphatic heterocycles. The van der Waals surface area contributed by atoms with Gasteiger partial charge in [-0.2, -0.15) is 0 Å². The molecular formula is C16H19N3O2. The van der Waals surface area contributed by atoms with Crippen LogP contribution in [0.3, 0.4) is 0 Å². The lowest BCUT2D eigenvalue weighted by atomic mass is 10.1. The Morgan fingerprint density at radius 3 is 2.81 bits per heavy atom. The van der Waals surface area contributed by atoms with E-state index in [1.807, 2.05) is 31.2 Å². The second-order valence-electron chi connectivity index (χ2n) is 4.64. The molecule has 0 aliphatic carbocycles. The normalized spacial score (nSPS) is 11.7. The molecule has 0 fully saturated rings. The van der Waals surface area contributed by atoms with Crippen LogP contribution in [0.5, 0.6) is 5.75 Å². The molecule has 2 rings (SSSR count). The zero-order valence-electron chi connectivity index (χ0n) is 12.2. The Hall–Kier alpha value is -2.40. The standard InChI is InChI=1S/C16H19N3O2/c1-12(13-6-5-9-17-10-13)18-11-16(20)19-14-7-3-4-8-15(14)21-2/h3-10,12,18H,11H2,1-2H3,(H,19,20)/t12-/m0/s1. The fourth-order valence-electron chi connectivity index (χ4n) is 1.94. The molecule has 0 unspecified atom stereocenters. The van der Waals surface area contributed by atoms with Crippen LogP contribution in [-0.2, 0) is 4.79 Å². The monoisotopic (exact) mass is 285 g/mol. The van der Waals surface area contributed by atoms with Gasteiger partial charge in [-0.1, -0.05) is 18.2 Å². The van der Waals surface area contributed by atoms with Crippen molar-refractivity contribution in [3.8, 4) is 5.75 Å². The van der Waals surface area contributed by atoms with Gasteiger partial charge in [-0.25, -0.2) is 0 Å². The van der Waals surface area contributed by atoms with Crippen LogP contribution in [0.4, 0.5) is 5.69 Å². The molecule has 21 heavy (non-hydrogen) atoms. The zero-order chi connectivity index (χ0) is 15.1. The Labute approximate surface area is 124 Å². The van der Waals surface area contributed by atoms with Gasteiger partial charge in [0.2, 0.25) is 5.91 Å². The van der Waals surface area contributed by atoms with Crippen molar-refractivity contribution in [2.45, 2.75) is 13.0 Å². The number of para-hydroxylation sites is 2. The number of aromatic nitrogens is 1.